The summed E-state index contributed by atoms with van der Waals surface area (Å²) in [6, 6.07) is 0. The predicted molar refractivity (Wildman–Crippen MR) is 50.3 cm³/mol. The number of rotatable bonds is 7. The van der Waals surface area contributed by atoms with E-state index in [2.05, 4.69) is 9.05 Å². The molecule has 8 heteroatoms. The molecular weight excluding hydrogens is 227 g/mol. The van der Waals surface area contributed by atoms with E-state index in [9.17, 15) is 14.5 Å². The third-order valence-corrected chi connectivity index (χ3v) is 2.63. The second kappa shape index (κ2) is 5.58. The molecule has 0 saturated carbocycles. The molecule has 7 nitrogen and oxygen atoms in total. The molecule has 0 aliphatic rings. The lowest BCUT2D eigenvalue weighted by atomic mass is 9.99. The molecule has 0 aliphatic heterocycles. The van der Waals surface area contributed by atoms with Gasteiger partial charge in [-0.3, -0.25) is 13.8 Å². The van der Waals surface area contributed by atoms with Crippen LogP contribution in [0.4, 0.5) is 0 Å². The molecule has 0 bridgehead atoms. The number of carboxylic acid groups (broad SMARTS) is 1. The van der Waals surface area contributed by atoms with Crippen molar-refractivity contribution in [1.82, 2.24) is 0 Å². The van der Waals surface area contributed by atoms with E-state index in [1.165, 1.54) is 6.92 Å². The number of aliphatic hydroxyl groups is 1. The number of aliphatic carboxylic acids is 1. The van der Waals surface area contributed by atoms with Gasteiger partial charge in [-0.15, -0.1) is 0 Å². The van der Waals surface area contributed by atoms with Gasteiger partial charge in [0.1, 0.15) is 0 Å². The van der Waals surface area contributed by atoms with Crippen LogP contribution in [0.15, 0.2) is 0 Å². The molecule has 90 valence electrons. The highest BCUT2D eigenvalue weighted by molar-refractivity contribution is 7.47. The summed E-state index contributed by atoms with van der Waals surface area (Å²) in [6.45, 7) is 1.04. The Morgan fingerprint density at radius 1 is 1.53 bits per heavy atom. The molecular formula is C7H15O7P. The molecule has 2 atom stereocenters. The molecule has 0 saturated heterocycles. The molecule has 0 fully saturated rings. The monoisotopic (exact) mass is 242 g/mol. The first-order valence-corrected chi connectivity index (χ1v) is 5.65. The number of carbonyl (C=O) groups is 1. The Labute approximate surface area is 87.2 Å². The van der Waals surface area contributed by atoms with E-state index in [0.717, 1.165) is 7.11 Å². The molecule has 0 amide bonds. The SMILES string of the molecule is COP(=O)(O)OCCC(C)(O)CC(=O)O. The van der Waals surface area contributed by atoms with Crippen molar-refractivity contribution in [2.75, 3.05) is 13.7 Å². The van der Waals surface area contributed by atoms with Crippen LogP contribution < -0.4 is 0 Å². The van der Waals surface area contributed by atoms with E-state index in [-0.39, 0.29) is 13.0 Å². The number of phosphoric ester groups is 1. The second-order valence-electron chi connectivity index (χ2n) is 3.30. The van der Waals surface area contributed by atoms with Crippen LogP contribution in [-0.2, 0) is 18.4 Å². The average Bonchev–Trinajstić information content (AvgIpc) is 2.00. The maximum Gasteiger partial charge on any atom is 0.471 e. The molecule has 3 N–H and O–H groups in total. The average molecular weight is 242 g/mol. The van der Waals surface area contributed by atoms with E-state index in [4.69, 9.17) is 10.00 Å². The zero-order valence-corrected chi connectivity index (χ0v) is 9.44. The van der Waals surface area contributed by atoms with Gasteiger partial charge in [0.2, 0.25) is 0 Å². The minimum Gasteiger partial charge on any atom is -0.481 e. The van der Waals surface area contributed by atoms with Gasteiger partial charge in [-0.25, -0.2) is 4.57 Å². The van der Waals surface area contributed by atoms with Gasteiger partial charge in [0.05, 0.1) is 18.6 Å². The Morgan fingerprint density at radius 3 is 2.47 bits per heavy atom. The third kappa shape index (κ3) is 7.47. The number of phosphoric acid groups is 1. The molecule has 15 heavy (non-hydrogen) atoms. The molecule has 0 rings (SSSR count). The zero-order chi connectivity index (χ0) is 12.1. The lowest BCUT2D eigenvalue weighted by molar-refractivity contribution is -0.142. The van der Waals surface area contributed by atoms with Crippen molar-refractivity contribution in [2.45, 2.75) is 25.4 Å². The fourth-order valence-corrected chi connectivity index (χ4v) is 1.28. The van der Waals surface area contributed by atoms with Gasteiger partial charge in [0.15, 0.2) is 0 Å². The molecule has 0 heterocycles. The Hall–Kier alpha value is -0.460. The van der Waals surface area contributed by atoms with E-state index < -0.39 is 25.8 Å². The minimum atomic E-state index is -4.05. The van der Waals surface area contributed by atoms with Crippen LogP contribution in [0.1, 0.15) is 19.8 Å². The highest BCUT2D eigenvalue weighted by atomic mass is 31.2. The maximum absolute atomic E-state index is 10.8. The van der Waals surface area contributed by atoms with Gasteiger partial charge >= 0.3 is 13.8 Å². The fourth-order valence-electron chi connectivity index (χ4n) is 0.848. The van der Waals surface area contributed by atoms with Gasteiger partial charge in [0, 0.05) is 13.5 Å². The van der Waals surface area contributed by atoms with Gasteiger partial charge < -0.3 is 15.1 Å². The van der Waals surface area contributed by atoms with Gasteiger partial charge in [-0.2, -0.15) is 0 Å². The zero-order valence-electron chi connectivity index (χ0n) is 8.54. The molecule has 2 unspecified atom stereocenters. The number of hydrogen-bond donors (Lipinski definition) is 3. The quantitative estimate of drug-likeness (QED) is 0.552. The van der Waals surface area contributed by atoms with Crippen molar-refractivity contribution in [2.24, 2.45) is 0 Å². The number of carboxylic acids is 1. The van der Waals surface area contributed by atoms with Crippen molar-refractivity contribution < 1.29 is 33.5 Å². The first kappa shape index (κ1) is 14.5. The minimum absolute atomic E-state index is 0.0762. The Morgan fingerprint density at radius 2 is 2.07 bits per heavy atom. The smallest absolute Gasteiger partial charge is 0.471 e. The summed E-state index contributed by atoms with van der Waals surface area (Å²) in [5.41, 5.74) is -1.47. The van der Waals surface area contributed by atoms with Crippen LogP contribution in [0.2, 0.25) is 0 Å². The summed E-state index contributed by atoms with van der Waals surface area (Å²) in [7, 11) is -3.04. The molecule has 0 spiro atoms. The van der Waals surface area contributed by atoms with E-state index in [0.29, 0.717) is 0 Å². The second-order valence-corrected chi connectivity index (χ2v) is 4.86. The third-order valence-electron chi connectivity index (χ3n) is 1.66. The molecule has 0 aromatic carbocycles. The number of hydrogen-bond acceptors (Lipinski definition) is 5. The van der Waals surface area contributed by atoms with E-state index >= 15 is 0 Å². The van der Waals surface area contributed by atoms with Crippen LogP contribution >= 0.6 is 7.82 Å². The summed E-state index contributed by atoms with van der Waals surface area (Å²) < 4.78 is 19.4. The Bertz CT molecular complexity index is 262. The summed E-state index contributed by atoms with van der Waals surface area (Å²) >= 11 is 0. The predicted octanol–water partition coefficient (Wildman–Crippen LogP) is 0.366. The van der Waals surface area contributed by atoms with Gasteiger partial charge in [-0.05, 0) is 6.92 Å². The van der Waals surface area contributed by atoms with Crippen molar-refractivity contribution in [1.29, 1.82) is 0 Å². The molecule has 0 radical (unpaired) electrons. The summed E-state index contributed by atoms with van der Waals surface area (Å²) in [4.78, 5) is 19.1. The van der Waals surface area contributed by atoms with Crippen LogP contribution in [-0.4, -0.2) is 40.4 Å². The van der Waals surface area contributed by atoms with Crippen LogP contribution in [0.5, 0.6) is 0 Å². The fraction of sp³-hybridized carbons (Fsp3) is 0.857. The van der Waals surface area contributed by atoms with Gasteiger partial charge in [0.25, 0.3) is 0 Å². The van der Waals surface area contributed by atoms with Crippen molar-refractivity contribution >= 4 is 13.8 Å². The van der Waals surface area contributed by atoms with Crippen molar-refractivity contribution in [3.8, 4) is 0 Å². The van der Waals surface area contributed by atoms with Crippen LogP contribution in [0.25, 0.3) is 0 Å². The maximum atomic E-state index is 10.8. The first-order chi connectivity index (χ1) is 6.68. The molecule has 0 aromatic heterocycles. The Kier molecular flexibility index (Phi) is 5.41. The molecule has 0 aliphatic carbocycles. The standard InChI is InChI=1S/C7H15O7P/c1-7(10,5-6(8)9)3-4-14-15(11,12)13-2/h10H,3-5H2,1-2H3,(H,8,9)(H,11,12). The van der Waals surface area contributed by atoms with Crippen molar-refractivity contribution in [3.63, 3.8) is 0 Å². The lowest BCUT2D eigenvalue weighted by Crippen LogP contribution is -2.29. The van der Waals surface area contributed by atoms with E-state index in [1.807, 2.05) is 0 Å². The highest BCUT2D eigenvalue weighted by Crippen LogP contribution is 2.42. The van der Waals surface area contributed by atoms with Gasteiger partial charge in [-0.1, -0.05) is 0 Å². The highest BCUT2D eigenvalue weighted by Gasteiger charge is 2.26. The molecule has 0 aromatic rings. The summed E-state index contributed by atoms with van der Waals surface area (Å²) in [5, 5.41) is 17.9. The normalized spacial score (nSPS) is 19.2. The summed E-state index contributed by atoms with van der Waals surface area (Å²) in [5.74, 6) is -1.15. The lowest BCUT2D eigenvalue weighted by Gasteiger charge is -2.21. The first-order valence-electron chi connectivity index (χ1n) is 4.16. The summed E-state index contributed by atoms with van der Waals surface area (Å²) in [6.07, 6.45) is -0.535. The van der Waals surface area contributed by atoms with Crippen molar-refractivity contribution in [3.05, 3.63) is 0 Å². The topological polar surface area (TPSA) is 113 Å². The van der Waals surface area contributed by atoms with Crippen LogP contribution in [0, 0.1) is 0 Å². The van der Waals surface area contributed by atoms with Crippen LogP contribution in [0.3, 0.4) is 0 Å². The Balaban J connectivity index is 3.95. The largest absolute Gasteiger partial charge is 0.481 e. The van der Waals surface area contributed by atoms with E-state index in [1.54, 1.807) is 0 Å².